The SMILES string of the molecule is O=C(NCc1cn(Cc2ccc(Cl)cc2)nn1)c1cccnc1NCc1ccc(Cl)cc1. The zero-order valence-electron chi connectivity index (χ0n) is 17.0. The minimum absolute atomic E-state index is 0.246. The van der Waals surface area contributed by atoms with Gasteiger partial charge in [-0.25, -0.2) is 9.67 Å². The number of hydrogen-bond donors (Lipinski definition) is 2. The van der Waals surface area contributed by atoms with E-state index in [-0.39, 0.29) is 12.5 Å². The van der Waals surface area contributed by atoms with Crippen LogP contribution in [-0.4, -0.2) is 25.9 Å². The molecule has 1 amide bonds. The second-order valence-corrected chi connectivity index (χ2v) is 7.97. The van der Waals surface area contributed by atoms with Crippen LogP contribution < -0.4 is 10.6 Å². The Hall–Kier alpha value is -3.42. The van der Waals surface area contributed by atoms with Gasteiger partial charge in [0.15, 0.2) is 0 Å². The minimum Gasteiger partial charge on any atom is -0.365 e. The lowest BCUT2D eigenvalue weighted by atomic mass is 10.2. The molecule has 0 aliphatic carbocycles. The van der Waals surface area contributed by atoms with Crippen LogP contribution in [0.5, 0.6) is 0 Å². The van der Waals surface area contributed by atoms with Crippen molar-refractivity contribution in [2.24, 2.45) is 0 Å². The van der Waals surface area contributed by atoms with Gasteiger partial charge in [0.25, 0.3) is 5.91 Å². The molecule has 32 heavy (non-hydrogen) atoms. The van der Waals surface area contributed by atoms with Crippen LogP contribution in [0.2, 0.25) is 10.0 Å². The lowest BCUT2D eigenvalue weighted by Gasteiger charge is -2.11. The molecule has 2 N–H and O–H groups in total. The maximum Gasteiger partial charge on any atom is 0.255 e. The first kappa shape index (κ1) is 21.8. The first-order valence-electron chi connectivity index (χ1n) is 9.92. The number of nitrogens with zero attached hydrogens (tertiary/aromatic N) is 4. The molecule has 0 saturated heterocycles. The van der Waals surface area contributed by atoms with Crippen LogP contribution in [0, 0.1) is 0 Å². The molecule has 4 aromatic rings. The highest BCUT2D eigenvalue weighted by atomic mass is 35.5. The maximum absolute atomic E-state index is 12.7. The summed E-state index contributed by atoms with van der Waals surface area (Å²) in [4.78, 5) is 17.1. The van der Waals surface area contributed by atoms with Crippen LogP contribution in [0.25, 0.3) is 0 Å². The number of halogens is 2. The Balaban J connectivity index is 1.34. The average Bonchev–Trinajstić information content (AvgIpc) is 3.26. The Morgan fingerprint density at radius 3 is 2.31 bits per heavy atom. The molecule has 0 atom stereocenters. The molecule has 0 bridgehead atoms. The van der Waals surface area contributed by atoms with E-state index >= 15 is 0 Å². The standard InChI is InChI=1S/C23H20Cl2N6O/c24-18-7-3-16(4-8-18)12-27-22-21(2-1-11-26-22)23(32)28-13-20-15-31(30-29-20)14-17-5-9-19(25)10-6-17/h1-11,15H,12-14H2,(H,26,27)(H,28,32). The number of aromatic nitrogens is 4. The zero-order chi connectivity index (χ0) is 22.3. The number of amides is 1. The molecular weight excluding hydrogens is 447 g/mol. The van der Waals surface area contributed by atoms with Gasteiger partial charge >= 0.3 is 0 Å². The molecule has 162 valence electrons. The van der Waals surface area contributed by atoms with E-state index in [4.69, 9.17) is 23.2 Å². The fraction of sp³-hybridized carbons (Fsp3) is 0.130. The molecule has 0 unspecified atom stereocenters. The number of nitrogens with one attached hydrogen (secondary N) is 2. The van der Waals surface area contributed by atoms with E-state index < -0.39 is 0 Å². The molecule has 9 heteroatoms. The minimum atomic E-state index is -0.246. The summed E-state index contributed by atoms with van der Waals surface area (Å²) in [5.41, 5.74) is 3.20. The van der Waals surface area contributed by atoms with Crippen molar-refractivity contribution in [3.05, 3.63) is 105 Å². The smallest absolute Gasteiger partial charge is 0.255 e. The van der Waals surface area contributed by atoms with Gasteiger partial charge in [-0.2, -0.15) is 0 Å². The molecule has 0 radical (unpaired) electrons. The van der Waals surface area contributed by atoms with E-state index in [0.29, 0.717) is 40.2 Å². The summed E-state index contributed by atoms with van der Waals surface area (Å²) in [6, 6.07) is 18.5. The summed E-state index contributed by atoms with van der Waals surface area (Å²) >= 11 is 11.8. The highest BCUT2D eigenvalue weighted by Gasteiger charge is 2.13. The van der Waals surface area contributed by atoms with Gasteiger partial charge in [0.05, 0.1) is 24.8 Å². The van der Waals surface area contributed by atoms with E-state index in [2.05, 4.69) is 25.9 Å². The number of rotatable bonds is 8. The van der Waals surface area contributed by atoms with Crippen molar-refractivity contribution >= 4 is 34.9 Å². The average molecular weight is 467 g/mol. The summed E-state index contributed by atoms with van der Waals surface area (Å²) in [6.45, 7) is 1.35. The molecule has 0 aliphatic rings. The van der Waals surface area contributed by atoms with Gasteiger partial charge in [-0.1, -0.05) is 52.7 Å². The Morgan fingerprint density at radius 1 is 0.906 bits per heavy atom. The first-order chi connectivity index (χ1) is 15.6. The second-order valence-electron chi connectivity index (χ2n) is 7.10. The Morgan fingerprint density at radius 2 is 1.59 bits per heavy atom. The lowest BCUT2D eigenvalue weighted by Crippen LogP contribution is -2.24. The van der Waals surface area contributed by atoms with Crippen molar-refractivity contribution < 1.29 is 4.79 Å². The molecular formula is C23H20Cl2N6O. The molecule has 0 fully saturated rings. The van der Waals surface area contributed by atoms with Crippen molar-refractivity contribution in [2.45, 2.75) is 19.6 Å². The number of benzene rings is 2. The maximum atomic E-state index is 12.7. The Kier molecular flexibility index (Phi) is 6.99. The van der Waals surface area contributed by atoms with Crippen LogP contribution >= 0.6 is 23.2 Å². The summed E-state index contributed by atoms with van der Waals surface area (Å²) in [7, 11) is 0. The number of pyridine rings is 1. The van der Waals surface area contributed by atoms with E-state index in [1.54, 1.807) is 29.2 Å². The third-order valence-corrected chi connectivity index (χ3v) is 5.20. The monoisotopic (exact) mass is 466 g/mol. The predicted molar refractivity (Wildman–Crippen MR) is 125 cm³/mol. The molecule has 0 spiro atoms. The van der Waals surface area contributed by atoms with Crippen molar-refractivity contribution in [1.82, 2.24) is 25.3 Å². The fourth-order valence-electron chi connectivity index (χ4n) is 3.06. The third kappa shape index (κ3) is 5.84. The van der Waals surface area contributed by atoms with Crippen molar-refractivity contribution in [3.63, 3.8) is 0 Å². The van der Waals surface area contributed by atoms with Crippen LogP contribution in [0.1, 0.15) is 27.2 Å². The van der Waals surface area contributed by atoms with E-state index in [1.807, 2.05) is 48.5 Å². The van der Waals surface area contributed by atoms with E-state index in [9.17, 15) is 4.79 Å². The van der Waals surface area contributed by atoms with Crippen molar-refractivity contribution in [2.75, 3.05) is 5.32 Å². The number of anilines is 1. The van der Waals surface area contributed by atoms with Crippen LogP contribution in [-0.2, 0) is 19.6 Å². The van der Waals surface area contributed by atoms with Crippen molar-refractivity contribution in [1.29, 1.82) is 0 Å². The first-order valence-corrected chi connectivity index (χ1v) is 10.7. The highest BCUT2D eigenvalue weighted by molar-refractivity contribution is 6.30. The van der Waals surface area contributed by atoms with Crippen LogP contribution in [0.4, 0.5) is 5.82 Å². The van der Waals surface area contributed by atoms with Crippen molar-refractivity contribution in [3.8, 4) is 0 Å². The molecule has 2 heterocycles. The van der Waals surface area contributed by atoms with Gasteiger partial charge in [0, 0.05) is 22.8 Å². The quantitative estimate of drug-likeness (QED) is 0.397. The normalized spacial score (nSPS) is 10.7. The second kappa shape index (κ2) is 10.3. The number of carbonyl (C=O) groups excluding carboxylic acids is 1. The van der Waals surface area contributed by atoms with Gasteiger partial charge in [-0.15, -0.1) is 5.10 Å². The Bertz CT molecular complexity index is 1190. The lowest BCUT2D eigenvalue weighted by molar-refractivity contribution is 0.0951. The summed E-state index contributed by atoms with van der Waals surface area (Å²) < 4.78 is 1.72. The number of carbonyl (C=O) groups is 1. The molecule has 7 nitrogen and oxygen atoms in total. The summed E-state index contributed by atoms with van der Waals surface area (Å²) in [6.07, 6.45) is 3.45. The molecule has 4 rings (SSSR count). The van der Waals surface area contributed by atoms with Gasteiger partial charge < -0.3 is 10.6 Å². The third-order valence-electron chi connectivity index (χ3n) is 4.70. The van der Waals surface area contributed by atoms with E-state index in [1.165, 1.54) is 0 Å². The highest BCUT2D eigenvalue weighted by Crippen LogP contribution is 2.15. The predicted octanol–water partition coefficient (Wildman–Crippen LogP) is 4.57. The summed E-state index contributed by atoms with van der Waals surface area (Å²) in [5.74, 6) is 0.260. The van der Waals surface area contributed by atoms with Gasteiger partial charge in [-0.05, 0) is 47.5 Å². The largest absolute Gasteiger partial charge is 0.365 e. The fourth-order valence-corrected chi connectivity index (χ4v) is 3.31. The van der Waals surface area contributed by atoms with E-state index in [0.717, 1.165) is 11.1 Å². The van der Waals surface area contributed by atoms with Gasteiger partial charge in [0.2, 0.25) is 0 Å². The molecule has 0 saturated carbocycles. The Labute approximate surface area is 195 Å². The number of hydrogen-bond acceptors (Lipinski definition) is 5. The van der Waals surface area contributed by atoms with Gasteiger partial charge in [0.1, 0.15) is 11.5 Å². The molecule has 2 aromatic carbocycles. The topological polar surface area (TPSA) is 84.7 Å². The van der Waals surface area contributed by atoms with Crippen LogP contribution in [0.15, 0.2) is 73.1 Å². The van der Waals surface area contributed by atoms with Crippen LogP contribution in [0.3, 0.4) is 0 Å². The summed E-state index contributed by atoms with van der Waals surface area (Å²) in [5, 5.41) is 15.7. The molecule has 0 aliphatic heterocycles. The van der Waals surface area contributed by atoms with Gasteiger partial charge in [-0.3, -0.25) is 4.79 Å². The molecule has 2 aromatic heterocycles. The zero-order valence-corrected chi connectivity index (χ0v) is 18.5.